The molecule has 1 spiro atoms. The fourth-order valence-electron chi connectivity index (χ4n) is 3.24. The van der Waals surface area contributed by atoms with Crippen LogP contribution >= 0.6 is 0 Å². The fourth-order valence-corrected chi connectivity index (χ4v) is 3.24. The Morgan fingerprint density at radius 3 is 3.17 bits per heavy atom. The predicted molar refractivity (Wildman–Crippen MR) is 83.9 cm³/mol. The Hall–Kier alpha value is -1.67. The van der Waals surface area contributed by atoms with Crippen LogP contribution in [-0.4, -0.2) is 66.7 Å². The minimum absolute atomic E-state index is 0.243. The van der Waals surface area contributed by atoms with Crippen molar-refractivity contribution in [3.05, 3.63) is 30.2 Å². The molecule has 2 aromatic rings. The lowest BCUT2D eigenvalue weighted by atomic mass is 10.0. The molecule has 2 aliphatic rings. The van der Waals surface area contributed by atoms with Crippen LogP contribution in [0.5, 0.6) is 0 Å². The van der Waals surface area contributed by atoms with E-state index in [-0.39, 0.29) is 5.60 Å². The van der Waals surface area contributed by atoms with Crippen LogP contribution < -0.4 is 5.32 Å². The molecule has 2 fully saturated rings. The highest BCUT2D eigenvalue weighted by molar-refractivity contribution is 5.51. The van der Waals surface area contributed by atoms with Gasteiger partial charge in [0.15, 0.2) is 5.76 Å². The summed E-state index contributed by atoms with van der Waals surface area (Å²) in [6.07, 6.45) is 1.72. The van der Waals surface area contributed by atoms with Gasteiger partial charge >= 0.3 is 0 Å². The van der Waals surface area contributed by atoms with Crippen molar-refractivity contribution in [3.8, 4) is 11.5 Å². The Bertz CT molecular complexity index is 617. The number of aromatic amines is 1. The van der Waals surface area contributed by atoms with Crippen LogP contribution in [0.4, 0.5) is 0 Å². The SMILES string of the molecule is c1cc(-c2ccc(CN3CCO[C@]4(CNCCOC4)C3)o2)[nH]n1. The summed E-state index contributed by atoms with van der Waals surface area (Å²) in [5.41, 5.74) is 0.657. The molecule has 2 N–H and O–H groups in total. The van der Waals surface area contributed by atoms with Gasteiger partial charge in [-0.3, -0.25) is 10.00 Å². The van der Waals surface area contributed by atoms with Gasteiger partial charge in [0.05, 0.1) is 26.4 Å². The number of furan rings is 1. The summed E-state index contributed by atoms with van der Waals surface area (Å²) in [5, 5.41) is 10.3. The molecule has 2 aliphatic heterocycles. The molecule has 1 atom stereocenters. The third-order valence-corrected chi connectivity index (χ3v) is 4.37. The molecule has 0 aromatic carbocycles. The number of nitrogens with one attached hydrogen (secondary N) is 2. The zero-order chi connectivity index (χ0) is 15.5. The minimum atomic E-state index is -0.243. The summed E-state index contributed by atoms with van der Waals surface area (Å²) in [4.78, 5) is 2.37. The van der Waals surface area contributed by atoms with Crippen molar-refractivity contribution in [1.29, 1.82) is 0 Å². The van der Waals surface area contributed by atoms with E-state index in [9.17, 15) is 0 Å². The second-order valence-electron chi connectivity index (χ2n) is 6.21. The van der Waals surface area contributed by atoms with Crippen molar-refractivity contribution in [2.45, 2.75) is 12.1 Å². The number of hydrogen-bond donors (Lipinski definition) is 2. The number of H-pyrrole nitrogens is 1. The molecule has 124 valence electrons. The molecule has 0 aliphatic carbocycles. The molecule has 2 aromatic heterocycles. The lowest BCUT2D eigenvalue weighted by molar-refractivity contribution is -0.136. The Balaban J connectivity index is 1.42. The third kappa shape index (κ3) is 3.32. The van der Waals surface area contributed by atoms with E-state index >= 15 is 0 Å². The summed E-state index contributed by atoms with van der Waals surface area (Å²) in [6, 6.07) is 5.91. The van der Waals surface area contributed by atoms with E-state index in [0.717, 1.165) is 63.2 Å². The van der Waals surface area contributed by atoms with Crippen LogP contribution in [0.2, 0.25) is 0 Å². The standard InChI is InChI=1S/C16H22N4O3/c1-2-15(14-3-4-18-19-14)23-13(1)9-20-6-8-22-16(11-20)10-17-5-7-21-12-16/h1-4,17H,5-12H2,(H,18,19)/t16-/m1/s1. The van der Waals surface area contributed by atoms with Crippen molar-refractivity contribution < 1.29 is 13.9 Å². The average Bonchev–Trinajstić information content (AvgIpc) is 3.18. The second kappa shape index (κ2) is 6.45. The molecule has 4 rings (SSSR count). The molecular weight excluding hydrogens is 296 g/mol. The molecular formula is C16H22N4O3. The summed E-state index contributed by atoms with van der Waals surface area (Å²) < 4.78 is 17.7. The first-order valence-corrected chi connectivity index (χ1v) is 8.06. The highest BCUT2D eigenvalue weighted by Crippen LogP contribution is 2.24. The number of morpholine rings is 1. The Kier molecular flexibility index (Phi) is 4.17. The summed E-state index contributed by atoms with van der Waals surface area (Å²) in [5.74, 6) is 1.77. The maximum Gasteiger partial charge on any atom is 0.152 e. The Morgan fingerprint density at radius 1 is 1.26 bits per heavy atom. The van der Waals surface area contributed by atoms with Crippen LogP contribution in [0.1, 0.15) is 5.76 Å². The van der Waals surface area contributed by atoms with Crippen molar-refractivity contribution in [2.24, 2.45) is 0 Å². The van der Waals surface area contributed by atoms with E-state index in [1.165, 1.54) is 0 Å². The van der Waals surface area contributed by atoms with Gasteiger partial charge < -0.3 is 19.2 Å². The monoisotopic (exact) mass is 318 g/mol. The van der Waals surface area contributed by atoms with E-state index < -0.39 is 0 Å². The molecule has 2 saturated heterocycles. The van der Waals surface area contributed by atoms with Crippen LogP contribution in [-0.2, 0) is 16.0 Å². The summed E-state index contributed by atoms with van der Waals surface area (Å²) in [7, 11) is 0. The quantitative estimate of drug-likeness (QED) is 0.874. The number of aromatic nitrogens is 2. The number of nitrogens with zero attached hydrogens (tertiary/aromatic N) is 2. The zero-order valence-electron chi connectivity index (χ0n) is 13.1. The molecule has 0 bridgehead atoms. The molecule has 0 amide bonds. The molecule has 7 nitrogen and oxygen atoms in total. The third-order valence-electron chi connectivity index (χ3n) is 4.37. The van der Waals surface area contributed by atoms with Gasteiger partial charge in [-0.05, 0) is 18.2 Å². The smallest absolute Gasteiger partial charge is 0.152 e. The van der Waals surface area contributed by atoms with Crippen molar-refractivity contribution in [3.63, 3.8) is 0 Å². The molecule has 23 heavy (non-hydrogen) atoms. The van der Waals surface area contributed by atoms with Crippen molar-refractivity contribution >= 4 is 0 Å². The molecule has 7 heteroatoms. The fraction of sp³-hybridized carbons (Fsp3) is 0.562. The highest BCUT2D eigenvalue weighted by Gasteiger charge is 2.38. The van der Waals surface area contributed by atoms with Crippen molar-refractivity contribution in [2.75, 3.05) is 46.0 Å². The summed E-state index contributed by atoms with van der Waals surface area (Å²) >= 11 is 0. The minimum Gasteiger partial charge on any atom is -0.458 e. The largest absolute Gasteiger partial charge is 0.458 e. The van der Waals surface area contributed by atoms with E-state index in [2.05, 4.69) is 20.4 Å². The van der Waals surface area contributed by atoms with Crippen molar-refractivity contribution in [1.82, 2.24) is 20.4 Å². The van der Waals surface area contributed by atoms with E-state index in [4.69, 9.17) is 13.9 Å². The van der Waals surface area contributed by atoms with E-state index in [0.29, 0.717) is 6.61 Å². The van der Waals surface area contributed by atoms with E-state index in [1.807, 2.05) is 18.2 Å². The van der Waals surface area contributed by atoms with Gasteiger partial charge in [0.1, 0.15) is 17.1 Å². The van der Waals surface area contributed by atoms with Crippen LogP contribution in [0.15, 0.2) is 28.8 Å². The van der Waals surface area contributed by atoms with E-state index in [1.54, 1.807) is 6.20 Å². The van der Waals surface area contributed by atoms with Gasteiger partial charge in [0, 0.05) is 32.4 Å². The highest BCUT2D eigenvalue weighted by atomic mass is 16.5. The predicted octanol–water partition coefficient (Wildman–Crippen LogP) is 0.860. The molecule has 0 saturated carbocycles. The first kappa shape index (κ1) is 14.9. The summed E-state index contributed by atoms with van der Waals surface area (Å²) in [6.45, 7) is 6.36. The van der Waals surface area contributed by atoms with Gasteiger partial charge in [-0.25, -0.2) is 0 Å². The van der Waals surface area contributed by atoms with Gasteiger partial charge in [0.2, 0.25) is 0 Å². The topological polar surface area (TPSA) is 75.6 Å². The molecule has 0 unspecified atom stereocenters. The van der Waals surface area contributed by atoms with Crippen LogP contribution in [0.3, 0.4) is 0 Å². The lowest BCUT2D eigenvalue weighted by Crippen LogP contribution is -2.57. The maximum absolute atomic E-state index is 6.05. The first-order chi connectivity index (χ1) is 11.3. The molecule has 4 heterocycles. The number of hydrogen-bond acceptors (Lipinski definition) is 6. The Labute approximate surface area is 134 Å². The lowest BCUT2D eigenvalue weighted by Gasteiger charge is -2.41. The normalized spacial score (nSPS) is 26.4. The van der Waals surface area contributed by atoms with Gasteiger partial charge in [-0.1, -0.05) is 0 Å². The van der Waals surface area contributed by atoms with Gasteiger partial charge in [-0.2, -0.15) is 5.10 Å². The number of rotatable bonds is 3. The van der Waals surface area contributed by atoms with Crippen LogP contribution in [0, 0.1) is 0 Å². The van der Waals surface area contributed by atoms with Gasteiger partial charge in [-0.15, -0.1) is 0 Å². The van der Waals surface area contributed by atoms with Gasteiger partial charge in [0.25, 0.3) is 0 Å². The maximum atomic E-state index is 6.05. The Morgan fingerprint density at radius 2 is 2.26 bits per heavy atom. The second-order valence-corrected chi connectivity index (χ2v) is 6.21. The zero-order valence-corrected chi connectivity index (χ0v) is 13.1. The first-order valence-electron chi connectivity index (χ1n) is 8.06. The molecule has 0 radical (unpaired) electrons. The van der Waals surface area contributed by atoms with Crippen LogP contribution in [0.25, 0.3) is 11.5 Å². The average molecular weight is 318 g/mol. The number of ether oxygens (including phenoxy) is 2.